The summed E-state index contributed by atoms with van der Waals surface area (Å²) in [5.74, 6) is -0.0563. The van der Waals surface area contributed by atoms with E-state index in [0.29, 0.717) is 11.6 Å². The van der Waals surface area contributed by atoms with Gasteiger partial charge >= 0.3 is 12.3 Å². The van der Waals surface area contributed by atoms with Gasteiger partial charge in [0.05, 0.1) is 5.56 Å². The van der Waals surface area contributed by atoms with Crippen molar-refractivity contribution in [3.63, 3.8) is 0 Å². The zero-order chi connectivity index (χ0) is 21.3. The van der Waals surface area contributed by atoms with Crippen LogP contribution in [0.3, 0.4) is 0 Å². The Bertz CT molecular complexity index is 951. The Morgan fingerprint density at radius 1 is 1.31 bits per heavy atom. The van der Waals surface area contributed by atoms with Crippen LogP contribution >= 0.6 is 0 Å². The van der Waals surface area contributed by atoms with Gasteiger partial charge in [0.2, 0.25) is 0 Å². The second-order valence-electron chi connectivity index (χ2n) is 6.34. The van der Waals surface area contributed by atoms with E-state index >= 15 is 0 Å². The Labute approximate surface area is 164 Å². The molecule has 0 saturated carbocycles. The topological polar surface area (TPSA) is 87.7 Å². The van der Waals surface area contributed by atoms with Gasteiger partial charge in [-0.15, -0.1) is 0 Å². The molecule has 2 aromatic heterocycles. The number of nitrogens with one attached hydrogen (secondary N) is 1. The van der Waals surface area contributed by atoms with Gasteiger partial charge in [0, 0.05) is 19.8 Å². The van der Waals surface area contributed by atoms with Crippen LogP contribution in [-0.2, 0) is 15.7 Å². The van der Waals surface area contributed by atoms with Gasteiger partial charge < -0.3 is 10.1 Å². The molecule has 11 heteroatoms. The quantitative estimate of drug-likeness (QED) is 0.836. The number of pyridine rings is 2. The lowest BCUT2D eigenvalue weighted by atomic mass is 10.2. The minimum atomic E-state index is -4.63. The summed E-state index contributed by atoms with van der Waals surface area (Å²) in [6.07, 6.45) is -5.57. The highest BCUT2D eigenvalue weighted by Gasteiger charge is 2.43. The number of carbonyl (C=O) groups excluding carboxylic acids is 2. The molecule has 0 bridgehead atoms. The number of anilines is 3. The maximum absolute atomic E-state index is 13.2. The third-order valence-corrected chi connectivity index (χ3v) is 4.34. The lowest BCUT2D eigenvalue weighted by molar-refractivity contribution is -0.137. The molecule has 2 aromatic rings. The summed E-state index contributed by atoms with van der Waals surface area (Å²) in [7, 11) is 3.12. The molecule has 8 nitrogen and oxygen atoms in total. The first-order valence-corrected chi connectivity index (χ1v) is 8.56. The first kappa shape index (κ1) is 20.4. The van der Waals surface area contributed by atoms with Crippen LogP contribution in [0.2, 0.25) is 0 Å². The second kappa shape index (κ2) is 7.57. The summed E-state index contributed by atoms with van der Waals surface area (Å²) in [4.78, 5) is 35.5. The molecule has 1 aliphatic heterocycles. The van der Waals surface area contributed by atoms with E-state index in [-0.39, 0.29) is 18.1 Å². The molecule has 29 heavy (non-hydrogen) atoms. The van der Waals surface area contributed by atoms with Crippen molar-refractivity contribution in [3.8, 4) is 0 Å². The van der Waals surface area contributed by atoms with Crippen LogP contribution in [0, 0.1) is 6.92 Å². The maximum Gasteiger partial charge on any atom is 0.416 e. The molecule has 1 aliphatic rings. The van der Waals surface area contributed by atoms with Crippen molar-refractivity contribution in [1.82, 2.24) is 9.97 Å². The number of nitrogens with zero attached hydrogens (tertiary/aromatic N) is 4. The molecule has 1 saturated heterocycles. The van der Waals surface area contributed by atoms with Crippen LogP contribution in [0.5, 0.6) is 0 Å². The molecule has 3 heterocycles. The van der Waals surface area contributed by atoms with Crippen molar-refractivity contribution in [2.75, 3.05) is 35.8 Å². The monoisotopic (exact) mass is 409 g/mol. The highest BCUT2D eigenvalue weighted by atomic mass is 19.4. The number of likely N-dealkylation sites (N-methyl/N-ethyl adjacent to an activating group) is 1. The maximum atomic E-state index is 13.2. The number of aryl methyl sites for hydroxylation is 1. The van der Waals surface area contributed by atoms with Crippen LogP contribution in [0.1, 0.15) is 11.3 Å². The van der Waals surface area contributed by atoms with Gasteiger partial charge in [-0.1, -0.05) is 6.07 Å². The molecular formula is C18H18F3N5O3. The predicted molar refractivity (Wildman–Crippen MR) is 98.8 cm³/mol. The van der Waals surface area contributed by atoms with E-state index in [0.717, 1.165) is 17.0 Å². The average Bonchev–Trinajstić information content (AvgIpc) is 3.07. The molecule has 0 aromatic carbocycles. The van der Waals surface area contributed by atoms with E-state index in [1.807, 2.05) is 0 Å². The third-order valence-electron chi connectivity index (χ3n) is 4.34. The number of hydrogen-bond donors (Lipinski definition) is 1. The lowest BCUT2D eigenvalue weighted by Gasteiger charge is -2.25. The molecular weight excluding hydrogens is 391 g/mol. The van der Waals surface area contributed by atoms with Crippen molar-refractivity contribution in [3.05, 3.63) is 41.6 Å². The summed E-state index contributed by atoms with van der Waals surface area (Å²) in [5.41, 5.74) is -0.917. The standard InChI is InChI=1S/C18H18F3N5O3/c1-10-7-11(18(19,20)21)8-15(23-10)26-12(9-29-17(26)28)16(27)25(3)14-6-4-5-13(22-2)24-14/h4-8,12H,9H2,1-3H3,(H,22,24)/t12-/m0/s1. The van der Waals surface area contributed by atoms with Gasteiger partial charge in [-0.2, -0.15) is 13.2 Å². The fourth-order valence-electron chi connectivity index (χ4n) is 2.88. The Balaban J connectivity index is 1.94. The number of hydrogen-bond acceptors (Lipinski definition) is 6. The molecule has 3 rings (SSSR count). The number of rotatable bonds is 4. The van der Waals surface area contributed by atoms with Crippen LogP contribution in [-0.4, -0.2) is 48.7 Å². The van der Waals surface area contributed by atoms with E-state index in [1.165, 1.54) is 18.9 Å². The summed E-state index contributed by atoms with van der Waals surface area (Å²) >= 11 is 0. The summed E-state index contributed by atoms with van der Waals surface area (Å²) in [6.45, 7) is 1.06. The Kier molecular flexibility index (Phi) is 5.31. The highest BCUT2D eigenvalue weighted by Crippen LogP contribution is 2.33. The zero-order valence-electron chi connectivity index (χ0n) is 15.8. The van der Waals surface area contributed by atoms with Crippen LogP contribution in [0.25, 0.3) is 0 Å². The zero-order valence-corrected chi connectivity index (χ0v) is 15.8. The van der Waals surface area contributed by atoms with Gasteiger partial charge in [-0.3, -0.25) is 9.69 Å². The van der Waals surface area contributed by atoms with E-state index in [1.54, 1.807) is 25.2 Å². The molecule has 0 radical (unpaired) electrons. The first-order valence-electron chi connectivity index (χ1n) is 8.56. The molecule has 2 amide bonds. The van der Waals surface area contributed by atoms with Crippen molar-refractivity contribution < 1.29 is 27.5 Å². The van der Waals surface area contributed by atoms with E-state index in [4.69, 9.17) is 4.74 Å². The molecule has 1 fully saturated rings. The number of amides is 2. The van der Waals surface area contributed by atoms with Crippen molar-refractivity contribution in [1.29, 1.82) is 0 Å². The Hall–Kier alpha value is -3.37. The number of carbonyl (C=O) groups is 2. The second-order valence-corrected chi connectivity index (χ2v) is 6.34. The Morgan fingerprint density at radius 2 is 2.03 bits per heavy atom. The molecule has 0 spiro atoms. The third kappa shape index (κ3) is 4.08. The lowest BCUT2D eigenvalue weighted by Crippen LogP contribution is -2.47. The molecule has 1 atom stereocenters. The summed E-state index contributed by atoms with van der Waals surface area (Å²) in [5, 5.41) is 2.84. The summed E-state index contributed by atoms with van der Waals surface area (Å²) in [6, 6.07) is 5.38. The van der Waals surface area contributed by atoms with E-state index < -0.39 is 29.8 Å². The Morgan fingerprint density at radius 3 is 2.69 bits per heavy atom. The number of alkyl halides is 3. The van der Waals surface area contributed by atoms with E-state index in [2.05, 4.69) is 15.3 Å². The van der Waals surface area contributed by atoms with E-state index in [9.17, 15) is 22.8 Å². The van der Waals surface area contributed by atoms with Crippen molar-refractivity contribution in [2.45, 2.75) is 19.1 Å². The number of ether oxygens (including phenoxy) is 1. The molecule has 0 aliphatic carbocycles. The van der Waals surface area contributed by atoms with Gasteiger partial charge in [0.15, 0.2) is 6.04 Å². The van der Waals surface area contributed by atoms with Gasteiger partial charge in [-0.05, 0) is 31.2 Å². The van der Waals surface area contributed by atoms with Crippen LogP contribution in [0.15, 0.2) is 30.3 Å². The fraction of sp³-hybridized carbons (Fsp3) is 0.333. The van der Waals surface area contributed by atoms with Gasteiger partial charge in [-0.25, -0.2) is 19.7 Å². The smallest absolute Gasteiger partial charge is 0.416 e. The fourth-order valence-corrected chi connectivity index (χ4v) is 2.88. The van der Waals surface area contributed by atoms with Crippen molar-refractivity contribution >= 4 is 29.5 Å². The summed E-state index contributed by atoms with van der Waals surface area (Å²) < 4.78 is 44.4. The van der Waals surface area contributed by atoms with Crippen LogP contribution < -0.4 is 15.1 Å². The van der Waals surface area contributed by atoms with Gasteiger partial charge in [0.1, 0.15) is 24.1 Å². The molecule has 0 unspecified atom stereocenters. The highest BCUT2D eigenvalue weighted by molar-refractivity contribution is 6.05. The normalized spacial score (nSPS) is 16.6. The number of halogens is 3. The minimum absolute atomic E-state index is 0.0532. The van der Waals surface area contributed by atoms with Crippen molar-refractivity contribution in [2.24, 2.45) is 0 Å². The SMILES string of the molecule is CNc1cccc(N(C)C(=O)[C@@H]2COC(=O)N2c2cc(C(F)(F)F)cc(C)n2)n1. The largest absolute Gasteiger partial charge is 0.446 e. The first-order chi connectivity index (χ1) is 13.6. The average molecular weight is 409 g/mol. The minimum Gasteiger partial charge on any atom is -0.446 e. The number of cyclic esters (lactones) is 1. The van der Waals surface area contributed by atoms with Crippen LogP contribution in [0.4, 0.5) is 35.4 Å². The number of aromatic nitrogens is 2. The molecule has 154 valence electrons. The van der Waals surface area contributed by atoms with Gasteiger partial charge in [0.25, 0.3) is 5.91 Å². The predicted octanol–water partition coefficient (Wildman–Crippen LogP) is 2.83. The molecule has 1 N–H and O–H groups in total.